The van der Waals surface area contributed by atoms with Crippen LogP contribution in [0, 0.1) is 13.8 Å². The van der Waals surface area contributed by atoms with Crippen molar-refractivity contribution < 1.29 is 9.53 Å². The van der Waals surface area contributed by atoms with E-state index in [2.05, 4.69) is 14.8 Å². The van der Waals surface area contributed by atoms with E-state index in [0.717, 1.165) is 11.3 Å². The lowest BCUT2D eigenvalue weighted by Crippen LogP contribution is -2.23. The average Bonchev–Trinajstić information content (AvgIpc) is 2.57. The summed E-state index contributed by atoms with van der Waals surface area (Å²) in [6.07, 6.45) is 1.24. The Morgan fingerprint density at radius 3 is 2.81 bits per heavy atom. The Morgan fingerprint density at radius 2 is 2.19 bits per heavy atom. The van der Waals surface area contributed by atoms with E-state index >= 15 is 0 Å². The van der Waals surface area contributed by atoms with Crippen molar-refractivity contribution in [2.45, 2.75) is 13.8 Å². The molecule has 0 spiro atoms. The number of hydrogen-bond donors (Lipinski definition) is 1. The van der Waals surface area contributed by atoms with E-state index in [-0.39, 0.29) is 5.56 Å². The van der Waals surface area contributed by atoms with Crippen LogP contribution < -0.4 is 5.56 Å². The number of nitrogens with zero attached hydrogens (tertiary/aromatic N) is 2. The second-order valence-electron chi connectivity index (χ2n) is 3.49. The predicted octanol–water partition coefficient (Wildman–Crippen LogP) is 0.426. The Morgan fingerprint density at radius 1 is 1.50 bits per heavy atom. The van der Waals surface area contributed by atoms with Gasteiger partial charge in [-0.1, -0.05) is 0 Å². The number of fused-ring (bicyclic) bond motifs is 1. The standard InChI is InChI=1S/C10H11N3O3/c1-5-6(2)12-13-8(5)11-4-7(9(13)14)10(15)16-3/h4,12H,1-3H3. The van der Waals surface area contributed by atoms with Crippen LogP contribution in [0.1, 0.15) is 21.6 Å². The third kappa shape index (κ3) is 1.30. The molecule has 2 heterocycles. The monoisotopic (exact) mass is 221 g/mol. The van der Waals surface area contributed by atoms with E-state index in [1.165, 1.54) is 17.8 Å². The summed E-state index contributed by atoms with van der Waals surface area (Å²) in [5, 5.41) is 2.85. The third-order valence-electron chi connectivity index (χ3n) is 2.54. The fraction of sp³-hybridized carbons (Fsp3) is 0.300. The Kier molecular flexibility index (Phi) is 2.26. The normalized spacial score (nSPS) is 10.7. The van der Waals surface area contributed by atoms with Crippen LogP contribution >= 0.6 is 0 Å². The van der Waals surface area contributed by atoms with Gasteiger partial charge in [-0.2, -0.15) is 0 Å². The zero-order valence-corrected chi connectivity index (χ0v) is 9.20. The number of esters is 1. The van der Waals surface area contributed by atoms with Crippen molar-refractivity contribution in [2.75, 3.05) is 7.11 Å². The first-order chi connectivity index (χ1) is 7.56. The molecule has 0 radical (unpaired) electrons. The number of methoxy groups -OCH3 is 1. The Bertz CT molecular complexity index is 624. The molecule has 0 aromatic carbocycles. The van der Waals surface area contributed by atoms with Crippen LogP contribution in [0.25, 0.3) is 5.65 Å². The number of ether oxygens (including phenoxy) is 1. The molecule has 0 saturated carbocycles. The molecule has 2 rings (SSSR count). The van der Waals surface area contributed by atoms with Gasteiger partial charge in [0.05, 0.1) is 7.11 Å². The van der Waals surface area contributed by atoms with Crippen molar-refractivity contribution in [2.24, 2.45) is 0 Å². The lowest BCUT2D eigenvalue weighted by Gasteiger charge is -1.98. The van der Waals surface area contributed by atoms with Crippen LogP contribution in [0.15, 0.2) is 11.0 Å². The van der Waals surface area contributed by atoms with E-state index in [1.54, 1.807) is 0 Å². The Labute approximate surface area is 90.9 Å². The fourth-order valence-electron chi connectivity index (χ4n) is 1.49. The minimum absolute atomic E-state index is 0.0822. The Hall–Kier alpha value is -2.11. The molecule has 0 bridgehead atoms. The highest BCUT2D eigenvalue weighted by Crippen LogP contribution is 2.09. The molecule has 0 aliphatic heterocycles. The molecular formula is C10H11N3O3. The van der Waals surface area contributed by atoms with Gasteiger partial charge in [0.15, 0.2) is 5.65 Å². The van der Waals surface area contributed by atoms with E-state index in [0.29, 0.717) is 5.65 Å². The van der Waals surface area contributed by atoms with Gasteiger partial charge in [-0.05, 0) is 13.8 Å². The molecule has 0 amide bonds. The minimum atomic E-state index is -0.684. The van der Waals surface area contributed by atoms with Gasteiger partial charge in [0.2, 0.25) is 0 Å². The summed E-state index contributed by atoms with van der Waals surface area (Å²) in [6, 6.07) is 0. The lowest BCUT2D eigenvalue weighted by atomic mass is 10.3. The van der Waals surface area contributed by atoms with E-state index in [1.807, 2.05) is 13.8 Å². The molecule has 0 aliphatic rings. The van der Waals surface area contributed by atoms with Gasteiger partial charge >= 0.3 is 5.97 Å². The maximum absolute atomic E-state index is 11.9. The molecule has 84 valence electrons. The molecule has 2 aromatic heterocycles. The second-order valence-corrected chi connectivity index (χ2v) is 3.49. The van der Waals surface area contributed by atoms with E-state index in [4.69, 9.17) is 0 Å². The maximum Gasteiger partial charge on any atom is 0.345 e. The van der Waals surface area contributed by atoms with Crippen LogP contribution in [-0.4, -0.2) is 27.7 Å². The number of hydrogen-bond acceptors (Lipinski definition) is 4. The van der Waals surface area contributed by atoms with Crippen molar-refractivity contribution in [3.8, 4) is 0 Å². The highest BCUT2D eigenvalue weighted by atomic mass is 16.5. The molecule has 6 heteroatoms. The van der Waals surface area contributed by atoms with Gasteiger partial charge in [-0.25, -0.2) is 14.3 Å². The third-order valence-corrected chi connectivity index (χ3v) is 2.54. The fourth-order valence-corrected chi connectivity index (χ4v) is 1.49. The van der Waals surface area contributed by atoms with Gasteiger partial charge in [0.25, 0.3) is 5.56 Å². The first kappa shape index (κ1) is 10.4. The first-order valence-corrected chi connectivity index (χ1v) is 4.71. The molecule has 6 nitrogen and oxygen atoms in total. The number of aryl methyl sites for hydroxylation is 2. The quantitative estimate of drug-likeness (QED) is 0.708. The number of rotatable bonds is 1. The van der Waals surface area contributed by atoms with Gasteiger partial charge in [0, 0.05) is 17.5 Å². The average molecular weight is 221 g/mol. The summed E-state index contributed by atoms with van der Waals surface area (Å²) < 4.78 is 5.74. The molecule has 0 fully saturated rings. The molecular weight excluding hydrogens is 210 g/mol. The van der Waals surface area contributed by atoms with Gasteiger partial charge in [-0.3, -0.25) is 9.89 Å². The largest absolute Gasteiger partial charge is 0.465 e. The van der Waals surface area contributed by atoms with E-state index < -0.39 is 11.5 Å². The summed E-state index contributed by atoms with van der Waals surface area (Å²) >= 11 is 0. The molecule has 2 aromatic rings. The summed E-state index contributed by atoms with van der Waals surface area (Å²) in [4.78, 5) is 27.2. The summed E-state index contributed by atoms with van der Waals surface area (Å²) in [5.41, 5.74) is 1.71. The Balaban J connectivity index is 2.81. The topological polar surface area (TPSA) is 76.5 Å². The number of carbonyl (C=O) groups is 1. The van der Waals surface area contributed by atoms with E-state index in [9.17, 15) is 9.59 Å². The van der Waals surface area contributed by atoms with Crippen LogP contribution in [0.3, 0.4) is 0 Å². The minimum Gasteiger partial charge on any atom is -0.465 e. The number of nitrogens with one attached hydrogen (secondary N) is 1. The lowest BCUT2D eigenvalue weighted by molar-refractivity contribution is 0.0598. The highest BCUT2D eigenvalue weighted by molar-refractivity contribution is 5.88. The summed E-state index contributed by atoms with van der Waals surface area (Å²) in [5.74, 6) is -0.684. The van der Waals surface area contributed by atoms with Crippen molar-refractivity contribution >= 4 is 11.6 Å². The maximum atomic E-state index is 11.9. The number of aromatic amines is 1. The molecule has 0 aliphatic carbocycles. The molecule has 1 N–H and O–H groups in total. The highest BCUT2D eigenvalue weighted by Gasteiger charge is 2.15. The van der Waals surface area contributed by atoms with Crippen LogP contribution in [0.4, 0.5) is 0 Å². The van der Waals surface area contributed by atoms with Crippen LogP contribution in [0.2, 0.25) is 0 Å². The molecule has 0 atom stereocenters. The van der Waals surface area contributed by atoms with Crippen molar-refractivity contribution in [3.05, 3.63) is 33.4 Å². The number of carbonyl (C=O) groups excluding carboxylic acids is 1. The zero-order valence-electron chi connectivity index (χ0n) is 9.20. The van der Waals surface area contributed by atoms with Crippen molar-refractivity contribution in [1.82, 2.24) is 14.6 Å². The molecule has 16 heavy (non-hydrogen) atoms. The van der Waals surface area contributed by atoms with Crippen molar-refractivity contribution in [3.63, 3.8) is 0 Å². The smallest absolute Gasteiger partial charge is 0.345 e. The second kappa shape index (κ2) is 3.48. The SMILES string of the molecule is COC(=O)c1cnc2c(C)c(C)[nH]n2c1=O. The van der Waals surface area contributed by atoms with Gasteiger partial charge in [0.1, 0.15) is 5.56 Å². The molecule has 0 saturated heterocycles. The molecule has 0 unspecified atom stereocenters. The summed E-state index contributed by atoms with van der Waals surface area (Å²) in [6.45, 7) is 3.69. The van der Waals surface area contributed by atoms with Crippen molar-refractivity contribution in [1.29, 1.82) is 0 Å². The van der Waals surface area contributed by atoms with Crippen LogP contribution in [-0.2, 0) is 4.74 Å². The van der Waals surface area contributed by atoms with Crippen LogP contribution in [0.5, 0.6) is 0 Å². The zero-order chi connectivity index (χ0) is 11.9. The summed E-state index contributed by atoms with van der Waals surface area (Å²) in [7, 11) is 1.22. The van der Waals surface area contributed by atoms with Gasteiger partial charge in [-0.15, -0.1) is 0 Å². The van der Waals surface area contributed by atoms with Gasteiger partial charge < -0.3 is 4.74 Å². The number of H-pyrrole nitrogens is 1. The number of aromatic nitrogens is 3. The predicted molar refractivity (Wildman–Crippen MR) is 56.6 cm³/mol. The first-order valence-electron chi connectivity index (χ1n) is 4.71.